The van der Waals surface area contributed by atoms with Gasteiger partial charge in [-0.2, -0.15) is 0 Å². The summed E-state index contributed by atoms with van der Waals surface area (Å²) in [6, 6.07) is 118. The van der Waals surface area contributed by atoms with Gasteiger partial charge in [0.15, 0.2) is 34.9 Å². The molecule has 568 valence electrons. The van der Waals surface area contributed by atoms with Crippen LogP contribution in [0.2, 0.25) is 6.80 Å². The van der Waals surface area contributed by atoms with Gasteiger partial charge in [-0.1, -0.05) is 292 Å². The first-order valence-electron chi connectivity index (χ1n) is 39.9. The van der Waals surface area contributed by atoms with Gasteiger partial charge in [-0.15, -0.1) is 0 Å². The van der Waals surface area contributed by atoms with Gasteiger partial charge in [-0.05, 0) is 119 Å². The highest BCUT2D eigenvalue weighted by molar-refractivity contribution is 7.41. The highest BCUT2D eigenvalue weighted by atomic mass is 31.2. The Morgan fingerprint density at radius 2 is 0.678 bits per heavy atom. The van der Waals surface area contributed by atoms with Crippen molar-refractivity contribution in [1.29, 1.82) is 0 Å². The summed E-state index contributed by atoms with van der Waals surface area (Å²) in [7, 11) is 3.45. The van der Waals surface area contributed by atoms with E-state index < -0.39 is 8.60 Å². The number of hydrogen-bond donors (Lipinski definition) is 1. The lowest BCUT2D eigenvalue weighted by Gasteiger charge is -2.14. The molecule has 118 heavy (non-hydrogen) atoms. The standard InChI is InChI=1S/C47H29N5O2.C47H29N5.C6H15O3P.CH3B/c53-52(54)44-37-24-10-8-22-35(37)34-21-7-9-23-36(34)43(44)39-26-14-28-41-42(39)38-25-11-12-27-40(38)51(41)33-20-13-19-32(29-33)47-49-45(30-15-3-1-4-16-30)48-46(50-47)31-17-5-2-6-18-31;1-3-14-29(15-4-1)45-49-46(30-16-5-2-6-17-30)51-47(50-45)31-18-13-19-32(28-31)52-39-25-12-11-24-37(39)41-40(52)27-26-38-43(41)42-35-22-9-7-20-33(35)34-21-8-10-23-36(34)44(42)48-38;1-4-7-10(8-5-2)9-6-3;1-2/h1-29H;1-28,48H;4-6H2,1-3H3;1H3/i;;;1D. The number of nitro groups is 1. The first kappa shape index (κ1) is 73.9. The molecule has 0 bridgehead atoms. The normalized spacial score (nSPS) is 11.5. The number of nitrogens with one attached hydrogen (secondary N) is 1. The van der Waals surface area contributed by atoms with Crippen LogP contribution in [0, 0.1) is 10.1 Å². The Bertz CT molecular complexity index is 7230. The number of aromatic nitrogens is 9. The largest absolute Gasteiger partial charge is 0.354 e. The Kier molecular flexibility index (Phi) is 20.9. The maximum absolute atomic E-state index is 13.1. The van der Waals surface area contributed by atoms with E-state index in [1.807, 2.05) is 227 Å². The molecular formula is C101H76BN10O5P. The molecule has 2 radical (unpaired) electrons. The molecule has 1 N–H and O–H groups in total. The van der Waals surface area contributed by atoms with Crippen LogP contribution in [0.15, 0.2) is 346 Å². The van der Waals surface area contributed by atoms with E-state index in [1.54, 1.807) is 0 Å². The Morgan fingerprint density at radius 3 is 1.13 bits per heavy atom. The van der Waals surface area contributed by atoms with E-state index in [-0.39, 0.29) is 17.4 Å². The summed E-state index contributed by atoms with van der Waals surface area (Å²) >= 11 is 0. The molecular weight excluding hydrogens is 1470 g/mol. The fourth-order valence-corrected chi connectivity index (χ4v) is 17.2. The van der Waals surface area contributed by atoms with Crippen molar-refractivity contribution in [3.8, 4) is 90.8 Å². The van der Waals surface area contributed by atoms with Crippen molar-refractivity contribution in [2.24, 2.45) is 0 Å². The molecule has 5 aromatic heterocycles. The van der Waals surface area contributed by atoms with Crippen molar-refractivity contribution < 1.29 is 19.9 Å². The highest BCUT2D eigenvalue weighted by Crippen LogP contribution is 2.50. The monoisotopic (exact) mass is 1550 g/mol. The topological polar surface area (TPSA) is 174 Å². The number of benzene rings is 16. The predicted molar refractivity (Wildman–Crippen MR) is 486 cm³/mol. The lowest BCUT2D eigenvalue weighted by molar-refractivity contribution is -0.382. The molecule has 21 rings (SSSR count). The van der Waals surface area contributed by atoms with E-state index in [9.17, 15) is 10.1 Å². The van der Waals surface area contributed by atoms with Crippen LogP contribution in [0.1, 0.15) is 22.1 Å². The SMILES string of the molecule is CCOP(OCC)OCC.O=[N+]([O-])c1c(-c2cccc3c2c2ccccc2n3-c2cccc(-c3nc(-c4ccccc4)nc(-c4ccccc4)n3)c2)c2ccccc2c2ccccc12.[2H]C[B].c1ccc(-c2nc(-c3ccccc3)nc(-c3cccc(-n4c5ccccc5c5c6c(ccc54)[nH]c4c5ccccc5c5ccccc5c46)c3)n2)cc1. The minimum absolute atomic E-state index is 0. The predicted octanol–water partition coefficient (Wildman–Crippen LogP) is 26.3. The van der Waals surface area contributed by atoms with Gasteiger partial charge >= 0.3 is 8.60 Å². The molecule has 5 heterocycles. The third kappa shape index (κ3) is 14.0. The number of nitro benzene ring substituents is 1. The van der Waals surface area contributed by atoms with Gasteiger partial charge in [0.05, 0.1) is 71.1 Å². The van der Waals surface area contributed by atoms with Gasteiger partial charge in [0.1, 0.15) is 0 Å². The second-order valence-corrected chi connectivity index (χ2v) is 29.2. The summed E-state index contributed by atoms with van der Waals surface area (Å²) in [6.07, 6.45) is 0. The number of rotatable bonds is 16. The first-order chi connectivity index (χ1) is 58.7. The third-order valence-corrected chi connectivity index (χ3v) is 22.6. The van der Waals surface area contributed by atoms with Crippen molar-refractivity contribution in [3.63, 3.8) is 0 Å². The van der Waals surface area contributed by atoms with E-state index in [2.05, 4.69) is 161 Å². The first-order valence-corrected chi connectivity index (χ1v) is 40.3. The van der Waals surface area contributed by atoms with E-state index in [4.69, 9.17) is 44.8 Å². The minimum Gasteiger partial charge on any atom is -0.354 e. The summed E-state index contributed by atoms with van der Waals surface area (Å²) < 4.78 is 26.0. The molecule has 0 fully saturated rings. The molecule has 0 atom stereocenters. The van der Waals surface area contributed by atoms with Crippen molar-refractivity contribution in [3.05, 3.63) is 356 Å². The number of fused-ring (bicyclic) bond motifs is 18. The second kappa shape index (κ2) is 33.3. The molecule has 0 amide bonds. The zero-order valence-corrected chi connectivity index (χ0v) is 65.7. The lowest BCUT2D eigenvalue weighted by Crippen LogP contribution is -2.01. The van der Waals surface area contributed by atoms with Gasteiger partial charge in [0, 0.05) is 89.3 Å². The second-order valence-electron chi connectivity index (χ2n) is 28.0. The Hall–Kier alpha value is -14.2. The molecule has 0 spiro atoms. The lowest BCUT2D eigenvalue weighted by atomic mass is 9.89. The van der Waals surface area contributed by atoms with E-state index in [1.165, 1.54) is 48.6 Å². The zero-order chi connectivity index (χ0) is 80.9. The van der Waals surface area contributed by atoms with Gasteiger partial charge in [0.25, 0.3) is 5.69 Å². The van der Waals surface area contributed by atoms with Crippen LogP contribution in [0.4, 0.5) is 5.69 Å². The van der Waals surface area contributed by atoms with Crippen LogP contribution in [0.5, 0.6) is 0 Å². The fraction of sp³-hybridized carbons (Fsp3) is 0.0693. The molecule has 21 aromatic rings. The molecule has 0 aliphatic heterocycles. The molecule has 0 saturated carbocycles. The highest BCUT2D eigenvalue weighted by Gasteiger charge is 2.29. The van der Waals surface area contributed by atoms with Crippen molar-refractivity contribution >= 4 is 131 Å². The Morgan fingerprint density at radius 1 is 0.347 bits per heavy atom. The van der Waals surface area contributed by atoms with Crippen LogP contribution in [0.25, 0.3) is 199 Å². The molecule has 15 nitrogen and oxygen atoms in total. The van der Waals surface area contributed by atoms with Crippen molar-refractivity contribution in [2.45, 2.75) is 27.6 Å². The molecule has 0 aliphatic carbocycles. The van der Waals surface area contributed by atoms with E-state index >= 15 is 0 Å². The Balaban J connectivity index is 0.000000143. The molecule has 17 heteroatoms. The summed E-state index contributed by atoms with van der Waals surface area (Å²) in [5.41, 5.74) is 15.5. The number of H-pyrrole nitrogens is 1. The summed E-state index contributed by atoms with van der Waals surface area (Å²) in [6.45, 7) is 7.71. The van der Waals surface area contributed by atoms with Gasteiger partial charge in [0.2, 0.25) is 0 Å². The van der Waals surface area contributed by atoms with Gasteiger partial charge < -0.3 is 27.7 Å². The number of hydrogen-bond acceptors (Lipinski definition) is 11. The summed E-state index contributed by atoms with van der Waals surface area (Å²) in [5.74, 6) is 3.67. The smallest absolute Gasteiger partial charge is 0.332 e. The number of para-hydroxylation sites is 2. The third-order valence-electron chi connectivity index (χ3n) is 21.2. The average molecular weight is 1550 g/mol. The van der Waals surface area contributed by atoms with Crippen LogP contribution in [0.3, 0.4) is 0 Å². The molecule has 0 unspecified atom stereocenters. The van der Waals surface area contributed by atoms with Crippen LogP contribution >= 0.6 is 8.60 Å². The Labute approximate surface area is 684 Å². The van der Waals surface area contributed by atoms with Crippen LogP contribution in [-0.2, 0) is 13.6 Å². The average Bonchev–Trinajstić information content (AvgIpc) is 1.56. The molecule has 0 saturated heterocycles. The number of aromatic amines is 1. The van der Waals surface area contributed by atoms with E-state index in [0.29, 0.717) is 65.7 Å². The quantitative estimate of drug-likeness (QED) is 0.0321. The summed E-state index contributed by atoms with van der Waals surface area (Å²) in [5, 5.41) is 28.3. The van der Waals surface area contributed by atoms with E-state index in [0.717, 1.165) is 105 Å². The minimum atomic E-state index is -1.06. The summed E-state index contributed by atoms with van der Waals surface area (Å²) in [4.78, 5) is 46.5. The maximum Gasteiger partial charge on any atom is 0.332 e. The van der Waals surface area contributed by atoms with Gasteiger partial charge in [-0.3, -0.25) is 10.1 Å². The van der Waals surface area contributed by atoms with Gasteiger partial charge in [-0.25, -0.2) is 29.9 Å². The zero-order valence-electron chi connectivity index (χ0n) is 65.8. The van der Waals surface area contributed by atoms with Crippen molar-refractivity contribution in [1.82, 2.24) is 44.0 Å². The maximum atomic E-state index is 13.1. The van der Waals surface area contributed by atoms with Crippen molar-refractivity contribution in [2.75, 3.05) is 19.8 Å². The van der Waals surface area contributed by atoms with Crippen LogP contribution in [-0.4, -0.2) is 76.6 Å². The van der Waals surface area contributed by atoms with Crippen LogP contribution < -0.4 is 0 Å². The molecule has 16 aromatic carbocycles. The fourth-order valence-electron chi connectivity index (χ4n) is 16.3. The number of nitrogens with zero attached hydrogens (tertiary/aromatic N) is 9. The molecule has 0 aliphatic rings.